The van der Waals surface area contributed by atoms with Gasteiger partial charge in [-0.3, -0.25) is 4.79 Å². The number of rotatable bonds is 3. The zero-order valence-corrected chi connectivity index (χ0v) is 11.4. The Bertz CT molecular complexity index is 604. The molecule has 4 nitrogen and oxygen atoms in total. The first-order valence-corrected chi connectivity index (χ1v) is 6.48. The van der Waals surface area contributed by atoms with Gasteiger partial charge in [0.25, 0.3) is 0 Å². The lowest BCUT2D eigenvalue weighted by Gasteiger charge is -2.01. The minimum atomic E-state index is -0.456. The van der Waals surface area contributed by atoms with Crippen molar-refractivity contribution in [2.24, 2.45) is 0 Å². The molecule has 0 saturated carbocycles. The molecule has 0 aliphatic carbocycles. The molecule has 0 radical (unpaired) electrons. The molecule has 0 atom stereocenters. The van der Waals surface area contributed by atoms with E-state index in [1.807, 2.05) is 30.3 Å². The number of anilines is 1. The van der Waals surface area contributed by atoms with E-state index in [0.717, 1.165) is 10.4 Å². The van der Waals surface area contributed by atoms with Gasteiger partial charge in [0.1, 0.15) is 5.00 Å². The highest BCUT2D eigenvalue weighted by molar-refractivity contribution is 7.20. The average molecular weight is 275 g/mol. The smallest absolute Gasteiger partial charge is 0.340 e. The van der Waals surface area contributed by atoms with Gasteiger partial charge in [-0.2, -0.15) is 0 Å². The van der Waals surface area contributed by atoms with E-state index >= 15 is 0 Å². The van der Waals surface area contributed by atoms with Crippen molar-refractivity contribution < 1.29 is 14.3 Å². The molecule has 1 aromatic carbocycles. The standard InChI is InChI=1S/C14H13NO3S/c1-9(16)15-13-11(14(17)18-2)8-12(19-13)10-6-4-3-5-7-10/h3-8H,1-2H3,(H,15,16). The molecule has 2 aromatic rings. The Morgan fingerprint density at radius 3 is 2.47 bits per heavy atom. The van der Waals surface area contributed by atoms with E-state index in [0.29, 0.717) is 10.6 Å². The number of ether oxygens (including phenoxy) is 1. The molecule has 1 amide bonds. The van der Waals surface area contributed by atoms with Crippen LogP contribution in [0.4, 0.5) is 5.00 Å². The van der Waals surface area contributed by atoms with Gasteiger partial charge in [0.05, 0.1) is 12.7 Å². The van der Waals surface area contributed by atoms with Crippen molar-refractivity contribution in [3.8, 4) is 10.4 Å². The van der Waals surface area contributed by atoms with Crippen molar-refractivity contribution in [1.29, 1.82) is 0 Å². The Balaban J connectivity index is 2.45. The number of thiophene rings is 1. The van der Waals surface area contributed by atoms with Gasteiger partial charge in [-0.1, -0.05) is 30.3 Å². The monoisotopic (exact) mass is 275 g/mol. The van der Waals surface area contributed by atoms with Gasteiger partial charge in [0, 0.05) is 11.8 Å². The third-order valence-electron chi connectivity index (χ3n) is 2.49. The number of nitrogens with one attached hydrogen (secondary N) is 1. The van der Waals surface area contributed by atoms with Crippen molar-refractivity contribution >= 4 is 28.2 Å². The molecule has 1 heterocycles. The van der Waals surface area contributed by atoms with Crippen LogP contribution in [0.5, 0.6) is 0 Å². The molecule has 0 aliphatic rings. The van der Waals surface area contributed by atoms with E-state index in [9.17, 15) is 9.59 Å². The summed E-state index contributed by atoms with van der Waals surface area (Å²) in [4.78, 5) is 23.8. The number of methoxy groups -OCH3 is 1. The average Bonchev–Trinajstić information content (AvgIpc) is 2.82. The Hall–Kier alpha value is -2.14. The molecule has 1 aromatic heterocycles. The van der Waals surface area contributed by atoms with Crippen molar-refractivity contribution in [2.75, 3.05) is 12.4 Å². The minimum absolute atomic E-state index is 0.216. The Labute approximate surface area is 115 Å². The second kappa shape index (κ2) is 5.67. The molecule has 0 saturated heterocycles. The maximum atomic E-state index is 11.7. The molecule has 0 fully saturated rings. The summed E-state index contributed by atoms with van der Waals surface area (Å²) in [6, 6.07) is 11.4. The van der Waals surface area contributed by atoms with Crippen LogP contribution in [0.1, 0.15) is 17.3 Å². The maximum Gasteiger partial charge on any atom is 0.340 e. The van der Waals surface area contributed by atoms with Gasteiger partial charge in [-0.15, -0.1) is 11.3 Å². The van der Waals surface area contributed by atoms with Crippen molar-refractivity contribution in [1.82, 2.24) is 0 Å². The highest BCUT2D eigenvalue weighted by atomic mass is 32.1. The van der Waals surface area contributed by atoms with E-state index < -0.39 is 5.97 Å². The fourth-order valence-corrected chi connectivity index (χ4v) is 2.75. The van der Waals surface area contributed by atoms with Gasteiger partial charge in [-0.25, -0.2) is 4.79 Å². The van der Waals surface area contributed by atoms with Gasteiger partial charge in [0.15, 0.2) is 0 Å². The third kappa shape index (κ3) is 3.00. The van der Waals surface area contributed by atoms with Crippen LogP contribution in [0, 0.1) is 0 Å². The molecule has 0 aliphatic heterocycles. The van der Waals surface area contributed by atoms with Crippen molar-refractivity contribution in [3.05, 3.63) is 42.0 Å². The Morgan fingerprint density at radius 1 is 1.21 bits per heavy atom. The summed E-state index contributed by atoms with van der Waals surface area (Å²) in [6.45, 7) is 1.41. The summed E-state index contributed by atoms with van der Waals surface area (Å²) in [5.74, 6) is -0.672. The second-order valence-corrected chi connectivity index (χ2v) is 4.94. The quantitative estimate of drug-likeness (QED) is 0.875. The molecule has 2 rings (SSSR count). The number of carbonyl (C=O) groups excluding carboxylic acids is 2. The molecule has 0 bridgehead atoms. The van der Waals surface area contributed by atoms with Crippen LogP contribution in [-0.2, 0) is 9.53 Å². The number of esters is 1. The van der Waals surface area contributed by atoms with Crippen LogP contribution in [0.25, 0.3) is 10.4 Å². The van der Waals surface area contributed by atoms with Gasteiger partial charge < -0.3 is 10.1 Å². The summed E-state index contributed by atoms with van der Waals surface area (Å²) in [6.07, 6.45) is 0. The molecule has 0 spiro atoms. The topological polar surface area (TPSA) is 55.4 Å². The van der Waals surface area contributed by atoms with Crippen LogP contribution in [-0.4, -0.2) is 19.0 Å². The van der Waals surface area contributed by atoms with E-state index in [1.54, 1.807) is 6.07 Å². The number of hydrogen-bond acceptors (Lipinski definition) is 4. The lowest BCUT2D eigenvalue weighted by Crippen LogP contribution is -2.09. The molecule has 0 unspecified atom stereocenters. The molecule has 1 N–H and O–H groups in total. The number of amides is 1. The predicted octanol–water partition coefficient (Wildman–Crippen LogP) is 3.16. The molecular weight excluding hydrogens is 262 g/mol. The second-order valence-electron chi connectivity index (χ2n) is 3.89. The SMILES string of the molecule is COC(=O)c1cc(-c2ccccc2)sc1NC(C)=O. The number of carbonyl (C=O) groups is 2. The molecular formula is C14H13NO3S. The van der Waals surface area contributed by atoms with Crippen molar-refractivity contribution in [2.45, 2.75) is 6.92 Å². The lowest BCUT2D eigenvalue weighted by molar-refractivity contribution is -0.114. The number of benzene rings is 1. The lowest BCUT2D eigenvalue weighted by atomic mass is 10.1. The first kappa shape index (κ1) is 13.3. The Kier molecular flexibility index (Phi) is 3.97. The Morgan fingerprint density at radius 2 is 1.89 bits per heavy atom. The van der Waals surface area contributed by atoms with Crippen LogP contribution in [0.15, 0.2) is 36.4 Å². The highest BCUT2D eigenvalue weighted by Gasteiger charge is 2.18. The maximum absolute atomic E-state index is 11.7. The largest absolute Gasteiger partial charge is 0.465 e. The van der Waals surface area contributed by atoms with E-state index in [4.69, 9.17) is 4.74 Å². The normalized spacial score (nSPS) is 10.0. The first-order valence-electron chi connectivity index (χ1n) is 5.67. The summed E-state index contributed by atoms with van der Waals surface area (Å²) in [7, 11) is 1.32. The van der Waals surface area contributed by atoms with Crippen LogP contribution in [0.3, 0.4) is 0 Å². The van der Waals surface area contributed by atoms with E-state index in [2.05, 4.69) is 5.32 Å². The van der Waals surface area contributed by atoms with Gasteiger partial charge in [0.2, 0.25) is 5.91 Å². The third-order valence-corrected chi connectivity index (χ3v) is 3.58. The van der Waals surface area contributed by atoms with Crippen molar-refractivity contribution in [3.63, 3.8) is 0 Å². The van der Waals surface area contributed by atoms with E-state index in [1.165, 1.54) is 25.4 Å². The summed E-state index contributed by atoms with van der Waals surface area (Å²) in [5, 5.41) is 3.17. The molecule has 98 valence electrons. The summed E-state index contributed by atoms with van der Waals surface area (Å²) in [5.41, 5.74) is 1.37. The fraction of sp³-hybridized carbons (Fsp3) is 0.143. The molecule has 5 heteroatoms. The number of hydrogen-bond donors (Lipinski definition) is 1. The zero-order valence-electron chi connectivity index (χ0n) is 10.6. The zero-order chi connectivity index (χ0) is 13.8. The first-order chi connectivity index (χ1) is 9.11. The highest BCUT2D eigenvalue weighted by Crippen LogP contribution is 2.35. The summed E-state index contributed by atoms with van der Waals surface area (Å²) >= 11 is 1.35. The van der Waals surface area contributed by atoms with E-state index in [-0.39, 0.29) is 5.91 Å². The van der Waals surface area contributed by atoms with Crippen LogP contribution < -0.4 is 5.32 Å². The van der Waals surface area contributed by atoms with Gasteiger partial charge in [-0.05, 0) is 11.6 Å². The molecule has 19 heavy (non-hydrogen) atoms. The fourth-order valence-electron chi connectivity index (χ4n) is 1.65. The minimum Gasteiger partial charge on any atom is -0.465 e. The van der Waals surface area contributed by atoms with Crippen LogP contribution >= 0.6 is 11.3 Å². The van der Waals surface area contributed by atoms with Gasteiger partial charge >= 0.3 is 5.97 Å². The summed E-state index contributed by atoms with van der Waals surface area (Å²) < 4.78 is 4.72. The van der Waals surface area contributed by atoms with Crippen LogP contribution in [0.2, 0.25) is 0 Å². The predicted molar refractivity (Wildman–Crippen MR) is 75.4 cm³/mol.